The van der Waals surface area contributed by atoms with E-state index in [1.165, 1.54) is 12.1 Å². The molecule has 1 aliphatic carbocycles. The Kier molecular flexibility index (Phi) is 5.24. The summed E-state index contributed by atoms with van der Waals surface area (Å²) in [6.45, 7) is 5.58. The first-order valence-electron chi connectivity index (χ1n) is 8.85. The highest BCUT2D eigenvalue weighted by molar-refractivity contribution is 6.33. The Morgan fingerprint density at radius 2 is 1.93 bits per heavy atom. The normalized spacial score (nSPS) is 15.7. The molecule has 6 heteroatoms. The zero-order chi connectivity index (χ0) is 19.9. The SMILES string of the molecule is Cc1cc2c(cc1C(=O)O)C(N(C(=O)c1ccc(F)cc1Cl)C(C)C)CC2. The second-order valence-corrected chi connectivity index (χ2v) is 7.56. The Morgan fingerprint density at radius 1 is 1.22 bits per heavy atom. The fourth-order valence-electron chi connectivity index (χ4n) is 3.82. The third kappa shape index (κ3) is 3.56. The number of amides is 1. The standard InChI is InChI=1S/C21H21ClFNO3/c1-11(2)24(20(25)15-6-5-14(23)9-18(15)22)19-7-4-13-8-12(3)16(21(26)27)10-17(13)19/h5-6,8-11,19H,4,7H2,1-3H3,(H,26,27). The van der Waals surface area contributed by atoms with E-state index in [4.69, 9.17) is 11.6 Å². The molecule has 142 valence electrons. The smallest absolute Gasteiger partial charge is 0.335 e. The second-order valence-electron chi connectivity index (χ2n) is 7.16. The molecule has 0 aliphatic heterocycles. The van der Waals surface area contributed by atoms with Crippen LogP contribution in [0.1, 0.15) is 63.7 Å². The van der Waals surface area contributed by atoms with Crippen molar-refractivity contribution >= 4 is 23.5 Å². The van der Waals surface area contributed by atoms with Gasteiger partial charge in [-0.05, 0) is 74.6 Å². The first kappa shape index (κ1) is 19.4. The van der Waals surface area contributed by atoms with Crippen LogP contribution < -0.4 is 0 Å². The van der Waals surface area contributed by atoms with E-state index in [1.807, 2.05) is 19.9 Å². The molecule has 3 rings (SSSR count). The molecule has 0 bridgehead atoms. The maximum atomic E-state index is 13.4. The van der Waals surface area contributed by atoms with Crippen molar-refractivity contribution in [3.63, 3.8) is 0 Å². The van der Waals surface area contributed by atoms with Gasteiger partial charge in [0.2, 0.25) is 0 Å². The third-order valence-electron chi connectivity index (χ3n) is 5.05. The van der Waals surface area contributed by atoms with Gasteiger partial charge in [-0.15, -0.1) is 0 Å². The van der Waals surface area contributed by atoms with Crippen LogP contribution in [-0.2, 0) is 6.42 Å². The maximum Gasteiger partial charge on any atom is 0.335 e. The quantitative estimate of drug-likeness (QED) is 0.798. The van der Waals surface area contributed by atoms with Crippen molar-refractivity contribution in [1.82, 2.24) is 4.90 Å². The highest BCUT2D eigenvalue weighted by Crippen LogP contribution is 2.39. The summed E-state index contributed by atoms with van der Waals surface area (Å²) in [6, 6.07) is 6.93. The summed E-state index contributed by atoms with van der Waals surface area (Å²) in [4.78, 5) is 26.4. The lowest BCUT2D eigenvalue weighted by atomic mass is 9.98. The first-order valence-corrected chi connectivity index (χ1v) is 9.23. The monoisotopic (exact) mass is 389 g/mol. The summed E-state index contributed by atoms with van der Waals surface area (Å²) in [6.07, 6.45) is 1.48. The van der Waals surface area contributed by atoms with Gasteiger partial charge in [-0.3, -0.25) is 4.79 Å². The number of nitrogens with zero attached hydrogens (tertiary/aromatic N) is 1. The zero-order valence-electron chi connectivity index (χ0n) is 15.4. The minimum atomic E-state index is -0.982. The molecule has 1 aliphatic rings. The van der Waals surface area contributed by atoms with Gasteiger partial charge < -0.3 is 10.0 Å². The van der Waals surface area contributed by atoms with E-state index in [-0.39, 0.29) is 34.1 Å². The lowest BCUT2D eigenvalue weighted by Gasteiger charge is -2.34. The van der Waals surface area contributed by atoms with Crippen molar-refractivity contribution in [2.75, 3.05) is 0 Å². The molecule has 0 fully saturated rings. The fraction of sp³-hybridized carbons (Fsp3) is 0.333. The van der Waals surface area contributed by atoms with Gasteiger partial charge in [0.15, 0.2) is 0 Å². The van der Waals surface area contributed by atoms with Crippen LogP contribution in [0.5, 0.6) is 0 Å². The van der Waals surface area contributed by atoms with E-state index < -0.39 is 11.8 Å². The lowest BCUT2D eigenvalue weighted by molar-refractivity contribution is 0.0606. The van der Waals surface area contributed by atoms with Crippen molar-refractivity contribution < 1.29 is 19.1 Å². The van der Waals surface area contributed by atoms with Crippen LogP contribution in [-0.4, -0.2) is 27.9 Å². The number of rotatable bonds is 4. The number of aromatic carboxylic acids is 1. The number of carboxylic acids is 1. The summed E-state index contributed by atoms with van der Waals surface area (Å²) in [5.74, 6) is -1.77. The molecule has 2 aromatic carbocycles. The van der Waals surface area contributed by atoms with Crippen molar-refractivity contribution in [3.05, 3.63) is 69.0 Å². The maximum absolute atomic E-state index is 13.4. The highest BCUT2D eigenvalue weighted by Gasteiger charge is 2.34. The van der Waals surface area contributed by atoms with Gasteiger partial charge in [0, 0.05) is 6.04 Å². The van der Waals surface area contributed by atoms with Gasteiger partial charge in [0.05, 0.1) is 22.2 Å². The van der Waals surface area contributed by atoms with E-state index in [1.54, 1.807) is 17.9 Å². The van der Waals surface area contributed by atoms with Crippen LogP contribution in [0, 0.1) is 12.7 Å². The number of carboxylic acid groups (broad SMARTS) is 1. The summed E-state index contributed by atoms with van der Waals surface area (Å²) in [7, 11) is 0. The molecule has 1 atom stereocenters. The number of hydrogen-bond donors (Lipinski definition) is 1. The minimum Gasteiger partial charge on any atom is -0.478 e. The van der Waals surface area contributed by atoms with Gasteiger partial charge in [-0.1, -0.05) is 17.7 Å². The fourth-order valence-corrected chi connectivity index (χ4v) is 4.06. The molecule has 1 amide bonds. The van der Waals surface area contributed by atoms with Crippen LogP contribution >= 0.6 is 11.6 Å². The number of hydrogen-bond acceptors (Lipinski definition) is 2. The van der Waals surface area contributed by atoms with E-state index in [2.05, 4.69) is 0 Å². The average molecular weight is 390 g/mol. The predicted molar refractivity (Wildman–Crippen MR) is 102 cm³/mol. The molecule has 2 aromatic rings. The van der Waals surface area contributed by atoms with Crippen LogP contribution in [0.15, 0.2) is 30.3 Å². The molecule has 0 heterocycles. The molecule has 1 N–H and O–H groups in total. The first-order chi connectivity index (χ1) is 12.7. The molecule has 0 spiro atoms. The molecule has 1 unspecified atom stereocenters. The largest absolute Gasteiger partial charge is 0.478 e. The Morgan fingerprint density at radius 3 is 2.52 bits per heavy atom. The summed E-state index contributed by atoms with van der Waals surface area (Å²) in [5, 5.41) is 9.52. The van der Waals surface area contributed by atoms with Crippen LogP contribution in [0.2, 0.25) is 5.02 Å². The Labute approximate surface area is 162 Å². The van der Waals surface area contributed by atoms with Crippen LogP contribution in [0.3, 0.4) is 0 Å². The van der Waals surface area contributed by atoms with Gasteiger partial charge in [0.1, 0.15) is 5.82 Å². The third-order valence-corrected chi connectivity index (χ3v) is 5.36. The number of benzene rings is 2. The van der Waals surface area contributed by atoms with Crippen molar-refractivity contribution in [3.8, 4) is 0 Å². The van der Waals surface area contributed by atoms with E-state index in [0.717, 1.165) is 23.6 Å². The van der Waals surface area contributed by atoms with Crippen molar-refractivity contribution in [2.24, 2.45) is 0 Å². The molecule has 0 aromatic heterocycles. The molecule has 0 saturated carbocycles. The Bertz CT molecular complexity index is 926. The zero-order valence-corrected chi connectivity index (χ0v) is 16.2. The van der Waals surface area contributed by atoms with Gasteiger partial charge in [-0.25, -0.2) is 9.18 Å². The van der Waals surface area contributed by atoms with Gasteiger partial charge in [-0.2, -0.15) is 0 Å². The Hall–Kier alpha value is -2.40. The summed E-state index contributed by atoms with van der Waals surface area (Å²) >= 11 is 6.10. The molecular weight excluding hydrogens is 369 g/mol. The van der Waals surface area contributed by atoms with E-state index >= 15 is 0 Å². The summed E-state index contributed by atoms with van der Waals surface area (Å²) in [5.41, 5.74) is 3.12. The minimum absolute atomic E-state index is 0.0685. The molecule has 0 radical (unpaired) electrons. The van der Waals surface area contributed by atoms with Crippen molar-refractivity contribution in [2.45, 2.75) is 45.7 Å². The molecular formula is C21H21ClFNO3. The van der Waals surface area contributed by atoms with Gasteiger partial charge in [0.25, 0.3) is 5.91 Å². The second kappa shape index (κ2) is 7.31. The lowest BCUT2D eigenvalue weighted by Crippen LogP contribution is -2.39. The number of fused-ring (bicyclic) bond motifs is 1. The molecule has 4 nitrogen and oxygen atoms in total. The Balaban J connectivity index is 2.04. The van der Waals surface area contributed by atoms with E-state index in [0.29, 0.717) is 12.0 Å². The number of carbonyl (C=O) groups excluding carboxylic acids is 1. The number of halogens is 2. The van der Waals surface area contributed by atoms with Crippen LogP contribution in [0.4, 0.5) is 4.39 Å². The molecule has 0 saturated heterocycles. The van der Waals surface area contributed by atoms with Crippen molar-refractivity contribution in [1.29, 1.82) is 0 Å². The number of carbonyl (C=O) groups is 2. The molecule has 27 heavy (non-hydrogen) atoms. The highest BCUT2D eigenvalue weighted by atomic mass is 35.5. The van der Waals surface area contributed by atoms with E-state index in [9.17, 15) is 19.1 Å². The topological polar surface area (TPSA) is 57.6 Å². The summed E-state index contributed by atoms with van der Waals surface area (Å²) < 4.78 is 13.4. The number of aryl methyl sites for hydroxylation is 2. The average Bonchev–Trinajstić information content (AvgIpc) is 2.96. The van der Waals surface area contributed by atoms with Crippen LogP contribution in [0.25, 0.3) is 0 Å². The predicted octanol–water partition coefficient (Wildman–Crippen LogP) is 5.02. The van der Waals surface area contributed by atoms with Gasteiger partial charge >= 0.3 is 5.97 Å².